The molecular formula is C12H16BrN3O2. The molecule has 1 atom stereocenters. The lowest BCUT2D eigenvalue weighted by molar-refractivity contribution is 0.00334. The minimum Gasteiger partial charge on any atom is -0.394 e. The first-order valence-corrected chi connectivity index (χ1v) is 7.07. The average Bonchev–Trinajstić information content (AvgIpc) is 3.22. The van der Waals surface area contributed by atoms with Crippen molar-refractivity contribution in [3.05, 3.63) is 16.5 Å². The molecule has 18 heavy (non-hydrogen) atoms. The minimum atomic E-state index is -0.114. The number of aliphatic hydroxyl groups is 1. The zero-order valence-corrected chi connectivity index (χ0v) is 11.6. The Bertz CT molecular complexity index is 439. The largest absolute Gasteiger partial charge is 0.394 e. The monoisotopic (exact) mass is 313 g/mol. The van der Waals surface area contributed by atoms with Gasteiger partial charge in [0.2, 0.25) is 0 Å². The average molecular weight is 314 g/mol. The molecule has 0 bridgehead atoms. The highest BCUT2D eigenvalue weighted by atomic mass is 79.9. The van der Waals surface area contributed by atoms with E-state index in [4.69, 9.17) is 9.84 Å². The van der Waals surface area contributed by atoms with Crippen LogP contribution in [0, 0.1) is 0 Å². The summed E-state index contributed by atoms with van der Waals surface area (Å²) in [5.74, 6) is 2.41. The summed E-state index contributed by atoms with van der Waals surface area (Å²) in [4.78, 5) is 11.2. The smallest absolute Gasteiger partial charge is 0.135 e. The van der Waals surface area contributed by atoms with E-state index in [1.165, 1.54) is 12.8 Å². The second-order valence-electron chi connectivity index (χ2n) is 4.80. The Hall–Kier alpha value is -0.720. The van der Waals surface area contributed by atoms with Gasteiger partial charge in [-0.3, -0.25) is 0 Å². The van der Waals surface area contributed by atoms with Crippen LogP contribution in [0.4, 0.5) is 5.82 Å². The van der Waals surface area contributed by atoms with E-state index in [0.29, 0.717) is 19.1 Å². The van der Waals surface area contributed by atoms with Crippen molar-refractivity contribution in [2.45, 2.75) is 24.9 Å². The first kappa shape index (κ1) is 12.3. The summed E-state index contributed by atoms with van der Waals surface area (Å²) in [7, 11) is 0. The molecule has 5 nitrogen and oxygen atoms in total. The number of rotatable bonds is 3. The fourth-order valence-corrected chi connectivity index (χ4v) is 2.53. The van der Waals surface area contributed by atoms with Gasteiger partial charge in [0.25, 0.3) is 0 Å². The van der Waals surface area contributed by atoms with Crippen molar-refractivity contribution >= 4 is 21.7 Å². The predicted molar refractivity (Wildman–Crippen MR) is 70.7 cm³/mol. The second kappa shape index (κ2) is 5.11. The maximum atomic E-state index is 9.17. The molecule has 1 N–H and O–H groups in total. The predicted octanol–water partition coefficient (Wildman–Crippen LogP) is 1.31. The van der Waals surface area contributed by atoms with Gasteiger partial charge in [0.15, 0.2) is 0 Å². The lowest BCUT2D eigenvalue weighted by atomic mass is 10.3. The quantitative estimate of drug-likeness (QED) is 0.853. The van der Waals surface area contributed by atoms with Crippen LogP contribution in [0.2, 0.25) is 0 Å². The van der Waals surface area contributed by atoms with Gasteiger partial charge in [0.1, 0.15) is 16.2 Å². The number of morpholine rings is 1. The van der Waals surface area contributed by atoms with Gasteiger partial charge in [-0.15, -0.1) is 0 Å². The van der Waals surface area contributed by atoms with Crippen LogP contribution in [0.3, 0.4) is 0 Å². The molecule has 3 rings (SSSR count). The molecule has 6 heteroatoms. The van der Waals surface area contributed by atoms with Crippen LogP contribution < -0.4 is 4.90 Å². The van der Waals surface area contributed by atoms with E-state index >= 15 is 0 Å². The first-order chi connectivity index (χ1) is 8.76. The SMILES string of the molecule is OCC1CN(c2cc(Br)nc(C3CC3)n2)CCO1. The van der Waals surface area contributed by atoms with Crippen LogP contribution in [-0.2, 0) is 4.74 Å². The van der Waals surface area contributed by atoms with Crippen molar-refractivity contribution in [2.24, 2.45) is 0 Å². The Kier molecular flexibility index (Phi) is 3.50. The van der Waals surface area contributed by atoms with E-state index < -0.39 is 0 Å². The van der Waals surface area contributed by atoms with E-state index in [1.807, 2.05) is 6.07 Å². The molecule has 0 aromatic carbocycles. The lowest BCUT2D eigenvalue weighted by Crippen LogP contribution is -2.44. The topological polar surface area (TPSA) is 58.5 Å². The van der Waals surface area contributed by atoms with Gasteiger partial charge in [0, 0.05) is 25.1 Å². The van der Waals surface area contributed by atoms with Gasteiger partial charge in [-0.1, -0.05) is 0 Å². The summed E-state index contributed by atoms with van der Waals surface area (Å²) < 4.78 is 6.29. The van der Waals surface area contributed by atoms with Gasteiger partial charge in [0.05, 0.1) is 19.3 Å². The molecule has 0 spiro atoms. The van der Waals surface area contributed by atoms with Crippen LogP contribution in [-0.4, -0.2) is 47.5 Å². The summed E-state index contributed by atoms with van der Waals surface area (Å²) in [6, 6.07) is 1.94. The first-order valence-electron chi connectivity index (χ1n) is 6.28. The summed E-state index contributed by atoms with van der Waals surface area (Å²) in [6.07, 6.45) is 2.27. The zero-order chi connectivity index (χ0) is 12.5. The summed E-state index contributed by atoms with van der Waals surface area (Å²) in [6.45, 7) is 2.18. The van der Waals surface area contributed by atoms with Crippen LogP contribution in [0.15, 0.2) is 10.7 Å². The Balaban J connectivity index is 1.81. The Morgan fingerprint density at radius 1 is 1.44 bits per heavy atom. The number of aromatic nitrogens is 2. The van der Waals surface area contributed by atoms with E-state index in [2.05, 4.69) is 30.8 Å². The highest BCUT2D eigenvalue weighted by molar-refractivity contribution is 9.10. The van der Waals surface area contributed by atoms with E-state index in [9.17, 15) is 0 Å². The second-order valence-corrected chi connectivity index (χ2v) is 5.62. The molecule has 1 aromatic heterocycles. The lowest BCUT2D eigenvalue weighted by Gasteiger charge is -2.33. The van der Waals surface area contributed by atoms with Gasteiger partial charge in [-0.2, -0.15) is 0 Å². The third kappa shape index (κ3) is 2.65. The number of aliphatic hydroxyl groups excluding tert-OH is 1. The van der Waals surface area contributed by atoms with Crippen molar-refractivity contribution in [1.82, 2.24) is 9.97 Å². The Morgan fingerprint density at radius 3 is 3.00 bits per heavy atom. The highest BCUT2D eigenvalue weighted by Crippen LogP contribution is 2.39. The van der Waals surface area contributed by atoms with Crippen LogP contribution >= 0.6 is 15.9 Å². The van der Waals surface area contributed by atoms with Gasteiger partial charge in [-0.25, -0.2) is 9.97 Å². The van der Waals surface area contributed by atoms with E-state index in [1.54, 1.807) is 0 Å². The molecule has 2 aliphatic rings. The van der Waals surface area contributed by atoms with E-state index in [0.717, 1.165) is 22.8 Å². The molecule has 1 aliphatic carbocycles. The minimum absolute atomic E-state index is 0.0538. The molecule has 1 aliphatic heterocycles. The van der Waals surface area contributed by atoms with Crippen molar-refractivity contribution in [3.8, 4) is 0 Å². The highest BCUT2D eigenvalue weighted by Gasteiger charge is 2.28. The fourth-order valence-electron chi connectivity index (χ4n) is 2.15. The third-order valence-corrected chi connectivity index (χ3v) is 3.71. The molecule has 1 aromatic rings. The molecule has 1 saturated heterocycles. The summed E-state index contributed by atoms with van der Waals surface area (Å²) >= 11 is 3.45. The molecule has 2 heterocycles. The van der Waals surface area contributed by atoms with Crippen LogP contribution in [0.5, 0.6) is 0 Å². The van der Waals surface area contributed by atoms with Crippen molar-refractivity contribution < 1.29 is 9.84 Å². The van der Waals surface area contributed by atoms with Gasteiger partial charge >= 0.3 is 0 Å². The standard InChI is InChI=1S/C12H16BrN3O2/c13-10-5-11(15-12(14-10)8-1-2-8)16-3-4-18-9(6-16)7-17/h5,8-9,17H,1-4,6-7H2. The number of nitrogens with zero attached hydrogens (tertiary/aromatic N) is 3. The third-order valence-electron chi connectivity index (χ3n) is 3.31. The number of hydrogen-bond acceptors (Lipinski definition) is 5. The summed E-state index contributed by atoms with van der Waals surface area (Å²) in [5, 5.41) is 9.17. The molecule has 1 unspecified atom stereocenters. The Labute approximate surface area is 114 Å². The number of ether oxygens (including phenoxy) is 1. The molecule has 0 radical (unpaired) electrons. The van der Waals surface area contributed by atoms with Crippen molar-refractivity contribution in [1.29, 1.82) is 0 Å². The number of hydrogen-bond donors (Lipinski definition) is 1. The summed E-state index contributed by atoms with van der Waals surface area (Å²) in [5.41, 5.74) is 0. The molecule has 98 valence electrons. The van der Waals surface area contributed by atoms with Crippen LogP contribution in [0.25, 0.3) is 0 Å². The molecule has 0 amide bonds. The molecule has 1 saturated carbocycles. The molecule has 2 fully saturated rings. The van der Waals surface area contributed by atoms with E-state index in [-0.39, 0.29) is 12.7 Å². The molecular weight excluding hydrogens is 298 g/mol. The maximum absolute atomic E-state index is 9.17. The maximum Gasteiger partial charge on any atom is 0.135 e. The Morgan fingerprint density at radius 2 is 2.28 bits per heavy atom. The van der Waals surface area contributed by atoms with Gasteiger partial charge < -0.3 is 14.7 Å². The van der Waals surface area contributed by atoms with Crippen LogP contribution in [0.1, 0.15) is 24.6 Å². The number of anilines is 1. The van der Waals surface area contributed by atoms with Crippen molar-refractivity contribution in [3.63, 3.8) is 0 Å². The zero-order valence-electron chi connectivity index (χ0n) is 10.0. The normalized spacial score (nSPS) is 24.3. The number of halogens is 1. The fraction of sp³-hybridized carbons (Fsp3) is 0.667. The van der Waals surface area contributed by atoms with Gasteiger partial charge in [-0.05, 0) is 28.8 Å². The van der Waals surface area contributed by atoms with Crippen molar-refractivity contribution in [2.75, 3.05) is 31.2 Å².